The molecule has 3 N–H and O–H groups in total. The number of aryl methyl sites for hydroxylation is 2. The number of ether oxygens (including phenoxy) is 2. The molecular formula is C20H24ClN3O3S. The van der Waals surface area contributed by atoms with Crippen molar-refractivity contribution in [3.05, 3.63) is 52.5 Å². The van der Waals surface area contributed by atoms with Crippen molar-refractivity contribution in [1.29, 1.82) is 0 Å². The highest BCUT2D eigenvalue weighted by Gasteiger charge is 2.07. The lowest BCUT2D eigenvalue weighted by molar-refractivity contribution is -0.121. The van der Waals surface area contributed by atoms with Crippen LogP contribution in [0.5, 0.6) is 11.5 Å². The Morgan fingerprint density at radius 1 is 1.11 bits per heavy atom. The first kappa shape index (κ1) is 21.8. The maximum absolute atomic E-state index is 11.9. The zero-order valence-electron chi connectivity index (χ0n) is 16.1. The third-order valence-electron chi connectivity index (χ3n) is 3.86. The van der Waals surface area contributed by atoms with Crippen LogP contribution in [0.15, 0.2) is 36.4 Å². The minimum atomic E-state index is -0.184. The van der Waals surface area contributed by atoms with E-state index in [1.807, 2.05) is 44.2 Å². The molecule has 28 heavy (non-hydrogen) atoms. The van der Waals surface area contributed by atoms with Crippen LogP contribution in [0, 0.1) is 13.8 Å². The summed E-state index contributed by atoms with van der Waals surface area (Å²) >= 11 is 11.1. The number of hydrogen-bond acceptors (Lipinski definition) is 4. The van der Waals surface area contributed by atoms with Gasteiger partial charge in [0.25, 0.3) is 0 Å². The summed E-state index contributed by atoms with van der Waals surface area (Å²) in [6, 6.07) is 11.1. The maximum Gasteiger partial charge on any atom is 0.238 e. The molecule has 0 heterocycles. The highest BCUT2D eigenvalue weighted by Crippen LogP contribution is 2.25. The smallest absolute Gasteiger partial charge is 0.238 e. The van der Waals surface area contributed by atoms with Crippen molar-refractivity contribution >= 4 is 40.5 Å². The third-order valence-corrected chi connectivity index (χ3v) is 4.30. The van der Waals surface area contributed by atoms with Crippen LogP contribution in [0.2, 0.25) is 5.02 Å². The van der Waals surface area contributed by atoms with Crippen LogP contribution >= 0.6 is 23.8 Å². The second-order valence-corrected chi connectivity index (χ2v) is 7.04. The first-order chi connectivity index (χ1) is 13.4. The Morgan fingerprint density at radius 3 is 2.57 bits per heavy atom. The van der Waals surface area contributed by atoms with Crippen LogP contribution in [0.4, 0.5) is 5.69 Å². The summed E-state index contributed by atoms with van der Waals surface area (Å²) < 4.78 is 11.0. The van der Waals surface area contributed by atoms with Gasteiger partial charge in [0.05, 0.1) is 19.4 Å². The number of rotatable bonds is 7. The Bertz CT molecular complexity index is 845. The number of anilines is 1. The summed E-state index contributed by atoms with van der Waals surface area (Å²) in [6.45, 7) is 4.32. The fraction of sp³-hybridized carbons (Fsp3) is 0.300. The van der Waals surface area contributed by atoms with E-state index >= 15 is 0 Å². The van der Waals surface area contributed by atoms with Gasteiger partial charge in [0.1, 0.15) is 11.5 Å². The number of carbonyl (C=O) groups is 1. The second kappa shape index (κ2) is 10.7. The molecule has 2 aromatic rings. The van der Waals surface area contributed by atoms with E-state index in [-0.39, 0.29) is 11.0 Å². The summed E-state index contributed by atoms with van der Waals surface area (Å²) in [5.74, 6) is 1.24. The number of benzene rings is 2. The first-order valence-electron chi connectivity index (χ1n) is 8.78. The number of nitrogens with one attached hydrogen (secondary N) is 3. The van der Waals surface area contributed by atoms with Crippen molar-refractivity contribution < 1.29 is 14.3 Å². The van der Waals surface area contributed by atoms with Crippen LogP contribution < -0.4 is 25.6 Å². The molecule has 0 bridgehead atoms. The van der Waals surface area contributed by atoms with Crippen molar-refractivity contribution in [3.8, 4) is 11.5 Å². The van der Waals surface area contributed by atoms with Gasteiger partial charge in [-0.05, 0) is 73.9 Å². The fourth-order valence-electron chi connectivity index (χ4n) is 2.45. The molecule has 0 saturated carbocycles. The zero-order valence-corrected chi connectivity index (χ0v) is 17.7. The van der Waals surface area contributed by atoms with Crippen LogP contribution in [-0.4, -0.2) is 24.7 Å². The number of carbonyl (C=O) groups excluding carboxylic acids is 1. The summed E-state index contributed by atoms with van der Waals surface area (Å²) in [5.41, 5.74) is 8.00. The predicted molar refractivity (Wildman–Crippen MR) is 116 cm³/mol. The van der Waals surface area contributed by atoms with Gasteiger partial charge < -0.3 is 14.8 Å². The molecule has 0 aliphatic rings. The average Bonchev–Trinajstić information content (AvgIpc) is 2.65. The summed E-state index contributed by atoms with van der Waals surface area (Å²) in [4.78, 5) is 11.9. The number of thiocarbonyl (C=S) groups is 1. The van der Waals surface area contributed by atoms with Gasteiger partial charge in [0, 0.05) is 11.4 Å². The van der Waals surface area contributed by atoms with Crippen LogP contribution in [0.1, 0.15) is 24.0 Å². The molecule has 0 aliphatic carbocycles. The van der Waals surface area contributed by atoms with E-state index in [0.29, 0.717) is 30.2 Å². The van der Waals surface area contributed by atoms with E-state index < -0.39 is 0 Å². The maximum atomic E-state index is 11.9. The van der Waals surface area contributed by atoms with Gasteiger partial charge in [-0.3, -0.25) is 15.6 Å². The molecular weight excluding hydrogens is 398 g/mol. The normalized spacial score (nSPS) is 10.1. The number of halogens is 1. The van der Waals surface area contributed by atoms with E-state index in [0.717, 1.165) is 22.6 Å². The van der Waals surface area contributed by atoms with E-state index in [2.05, 4.69) is 16.2 Å². The Kier molecular flexibility index (Phi) is 8.35. The van der Waals surface area contributed by atoms with E-state index in [9.17, 15) is 4.79 Å². The quantitative estimate of drug-likeness (QED) is 0.354. The van der Waals surface area contributed by atoms with Crippen molar-refractivity contribution in [2.75, 3.05) is 19.0 Å². The first-order valence-corrected chi connectivity index (χ1v) is 9.57. The lowest BCUT2D eigenvalue weighted by Gasteiger charge is -2.14. The predicted octanol–water partition coefficient (Wildman–Crippen LogP) is 4.14. The number of hydrogen-bond donors (Lipinski definition) is 3. The van der Waals surface area contributed by atoms with Crippen molar-refractivity contribution in [2.45, 2.75) is 26.7 Å². The molecule has 0 aromatic heterocycles. The Balaban J connectivity index is 1.69. The highest BCUT2D eigenvalue weighted by molar-refractivity contribution is 7.80. The van der Waals surface area contributed by atoms with Gasteiger partial charge in [0.2, 0.25) is 5.91 Å². The van der Waals surface area contributed by atoms with E-state index in [4.69, 9.17) is 33.3 Å². The molecule has 0 fully saturated rings. The van der Waals surface area contributed by atoms with Gasteiger partial charge >= 0.3 is 0 Å². The van der Waals surface area contributed by atoms with Crippen LogP contribution in [0.3, 0.4) is 0 Å². The molecule has 2 aromatic carbocycles. The number of hydrazine groups is 1. The molecule has 0 saturated heterocycles. The standard InChI is InChI=1S/C20H24ClN3O3S/c1-13-6-8-18(26-3)16(11-13)22-20(28)24-23-19(25)5-4-10-27-17-9-7-15(21)12-14(17)2/h6-9,11-12H,4-5,10H2,1-3H3,(H,23,25)(H2,22,24,28). The monoisotopic (exact) mass is 421 g/mol. The topological polar surface area (TPSA) is 71.6 Å². The molecule has 0 unspecified atom stereocenters. The van der Waals surface area contributed by atoms with Crippen molar-refractivity contribution in [3.63, 3.8) is 0 Å². The largest absolute Gasteiger partial charge is 0.495 e. The Labute approximate surface area is 175 Å². The summed E-state index contributed by atoms with van der Waals surface area (Å²) in [6.07, 6.45) is 0.873. The number of amides is 1. The van der Waals surface area contributed by atoms with Gasteiger partial charge in [-0.2, -0.15) is 0 Å². The summed E-state index contributed by atoms with van der Waals surface area (Å²) in [7, 11) is 1.59. The lowest BCUT2D eigenvalue weighted by atomic mass is 10.2. The molecule has 0 atom stereocenters. The van der Waals surface area contributed by atoms with E-state index in [1.54, 1.807) is 13.2 Å². The molecule has 0 spiro atoms. The van der Waals surface area contributed by atoms with Crippen molar-refractivity contribution in [2.24, 2.45) is 0 Å². The van der Waals surface area contributed by atoms with Gasteiger partial charge in [-0.25, -0.2) is 0 Å². The molecule has 6 nitrogen and oxygen atoms in total. The Hall–Kier alpha value is -2.51. The van der Waals surface area contributed by atoms with Gasteiger partial charge in [-0.1, -0.05) is 17.7 Å². The molecule has 1 amide bonds. The average molecular weight is 422 g/mol. The molecule has 0 radical (unpaired) electrons. The Morgan fingerprint density at radius 2 is 1.86 bits per heavy atom. The van der Waals surface area contributed by atoms with Crippen LogP contribution in [-0.2, 0) is 4.79 Å². The second-order valence-electron chi connectivity index (χ2n) is 6.19. The van der Waals surface area contributed by atoms with Gasteiger partial charge in [-0.15, -0.1) is 0 Å². The fourth-order valence-corrected chi connectivity index (χ4v) is 2.84. The van der Waals surface area contributed by atoms with Crippen molar-refractivity contribution in [1.82, 2.24) is 10.9 Å². The highest BCUT2D eigenvalue weighted by atomic mass is 35.5. The van der Waals surface area contributed by atoms with E-state index in [1.165, 1.54) is 0 Å². The van der Waals surface area contributed by atoms with Gasteiger partial charge in [0.15, 0.2) is 5.11 Å². The minimum Gasteiger partial charge on any atom is -0.495 e. The third kappa shape index (κ3) is 6.90. The van der Waals surface area contributed by atoms with Crippen LogP contribution in [0.25, 0.3) is 0 Å². The molecule has 8 heteroatoms. The molecule has 150 valence electrons. The molecule has 0 aliphatic heterocycles. The zero-order chi connectivity index (χ0) is 20.5. The molecule has 2 rings (SSSR count). The summed E-state index contributed by atoms with van der Waals surface area (Å²) in [5, 5.41) is 3.94. The lowest BCUT2D eigenvalue weighted by Crippen LogP contribution is -2.43. The SMILES string of the molecule is COc1ccc(C)cc1NC(=S)NNC(=O)CCCOc1ccc(Cl)cc1C. The number of methoxy groups -OCH3 is 1. The minimum absolute atomic E-state index is 0.184.